The average molecular weight is 219 g/mol. The van der Waals surface area contributed by atoms with Crippen LogP contribution >= 0.6 is 0 Å². The highest BCUT2D eigenvalue weighted by Gasteiger charge is 2.27. The molecule has 0 aliphatic heterocycles. The van der Waals surface area contributed by atoms with Gasteiger partial charge in [0.15, 0.2) is 0 Å². The maximum Gasteiger partial charge on any atom is 0.122 e. The summed E-state index contributed by atoms with van der Waals surface area (Å²) in [6.07, 6.45) is 0.441. The minimum atomic E-state index is -0.601. The van der Waals surface area contributed by atoms with Crippen molar-refractivity contribution >= 4 is 0 Å². The van der Waals surface area contributed by atoms with Crippen molar-refractivity contribution in [1.29, 1.82) is 0 Å². The molecule has 2 rings (SSSR count). The number of aliphatic hydroxyl groups excluding tert-OH is 1. The van der Waals surface area contributed by atoms with Gasteiger partial charge in [-0.1, -0.05) is 17.2 Å². The van der Waals surface area contributed by atoms with Crippen LogP contribution in [0, 0.1) is 0 Å². The number of hydrogen-bond donors (Lipinski definition) is 1. The summed E-state index contributed by atoms with van der Waals surface area (Å²) in [6, 6.07) is 5.35. The van der Waals surface area contributed by atoms with E-state index in [1.54, 1.807) is 7.11 Å². The van der Waals surface area contributed by atoms with E-state index in [9.17, 15) is 5.11 Å². The smallest absolute Gasteiger partial charge is 0.122 e. The van der Waals surface area contributed by atoms with Gasteiger partial charge in [0.25, 0.3) is 0 Å². The standard InChI is InChI=1S/C11H13N3O2/c1-16-11-4-2-3-7-5-10(15)9(13-14-12)6-8(7)11/h2-4,9-10,15H,5-6H2,1H3/t9-,10-/m1/s1. The first-order valence-electron chi connectivity index (χ1n) is 5.13. The van der Waals surface area contributed by atoms with Crippen molar-refractivity contribution in [3.63, 3.8) is 0 Å². The molecule has 0 radical (unpaired) electrons. The molecule has 5 heteroatoms. The predicted molar refractivity (Wildman–Crippen MR) is 59.3 cm³/mol. The third-order valence-electron chi connectivity index (χ3n) is 2.94. The third kappa shape index (κ3) is 1.83. The Bertz CT molecular complexity index is 441. The zero-order chi connectivity index (χ0) is 11.5. The van der Waals surface area contributed by atoms with Crippen LogP contribution in [0.1, 0.15) is 11.1 Å². The first-order chi connectivity index (χ1) is 7.76. The zero-order valence-corrected chi connectivity index (χ0v) is 9.00. The van der Waals surface area contributed by atoms with Crippen molar-refractivity contribution in [3.05, 3.63) is 39.8 Å². The van der Waals surface area contributed by atoms with Gasteiger partial charge in [0.2, 0.25) is 0 Å². The molecule has 16 heavy (non-hydrogen) atoms. The number of hydrogen-bond acceptors (Lipinski definition) is 3. The van der Waals surface area contributed by atoms with E-state index in [0.29, 0.717) is 12.8 Å². The van der Waals surface area contributed by atoms with E-state index < -0.39 is 12.1 Å². The van der Waals surface area contributed by atoms with Gasteiger partial charge in [-0.25, -0.2) is 0 Å². The lowest BCUT2D eigenvalue weighted by Gasteiger charge is -2.27. The van der Waals surface area contributed by atoms with Crippen molar-refractivity contribution in [3.8, 4) is 5.75 Å². The first kappa shape index (κ1) is 10.8. The fraction of sp³-hybridized carbons (Fsp3) is 0.455. The summed E-state index contributed by atoms with van der Waals surface area (Å²) in [5, 5.41) is 13.4. The Labute approximate surface area is 93.3 Å². The lowest BCUT2D eigenvalue weighted by atomic mass is 9.86. The fourth-order valence-corrected chi connectivity index (χ4v) is 2.12. The quantitative estimate of drug-likeness (QED) is 0.468. The van der Waals surface area contributed by atoms with Gasteiger partial charge in [-0.2, -0.15) is 0 Å². The number of nitrogens with zero attached hydrogens (tertiary/aromatic N) is 3. The number of benzene rings is 1. The second-order valence-electron chi connectivity index (χ2n) is 3.85. The molecule has 0 saturated carbocycles. The Hall–Kier alpha value is -1.71. The Morgan fingerprint density at radius 1 is 1.50 bits per heavy atom. The molecule has 84 valence electrons. The largest absolute Gasteiger partial charge is 0.496 e. The van der Waals surface area contributed by atoms with Crippen molar-refractivity contribution in [2.24, 2.45) is 5.11 Å². The van der Waals surface area contributed by atoms with Crippen LogP contribution < -0.4 is 4.74 Å². The first-order valence-corrected chi connectivity index (χ1v) is 5.13. The monoisotopic (exact) mass is 219 g/mol. The molecule has 0 unspecified atom stereocenters. The molecule has 1 aromatic carbocycles. The molecule has 0 heterocycles. The van der Waals surface area contributed by atoms with Crippen LogP contribution in [0.2, 0.25) is 0 Å². The van der Waals surface area contributed by atoms with Crippen molar-refractivity contribution < 1.29 is 9.84 Å². The Balaban J connectivity index is 2.39. The molecule has 0 saturated heterocycles. The Morgan fingerprint density at radius 2 is 2.31 bits per heavy atom. The molecule has 0 fully saturated rings. The topological polar surface area (TPSA) is 78.2 Å². The molecule has 0 amide bonds. The van der Waals surface area contributed by atoms with Crippen LogP contribution in [0.25, 0.3) is 10.4 Å². The van der Waals surface area contributed by atoms with Crippen molar-refractivity contribution in [1.82, 2.24) is 0 Å². The molecule has 0 bridgehead atoms. The van der Waals surface area contributed by atoms with E-state index >= 15 is 0 Å². The highest BCUT2D eigenvalue weighted by molar-refractivity contribution is 5.43. The number of fused-ring (bicyclic) bond motifs is 1. The average Bonchev–Trinajstić information content (AvgIpc) is 2.29. The maximum atomic E-state index is 9.80. The van der Waals surface area contributed by atoms with Crippen LogP contribution in [-0.2, 0) is 12.8 Å². The lowest BCUT2D eigenvalue weighted by molar-refractivity contribution is 0.136. The van der Waals surface area contributed by atoms with E-state index in [-0.39, 0.29) is 0 Å². The Kier molecular flexibility index (Phi) is 2.99. The van der Waals surface area contributed by atoms with Crippen LogP contribution in [-0.4, -0.2) is 24.4 Å². The van der Waals surface area contributed by atoms with Crippen molar-refractivity contribution in [2.45, 2.75) is 25.0 Å². The van der Waals surface area contributed by atoms with E-state index in [0.717, 1.165) is 16.9 Å². The van der Waals surface area contributed by atoms with Gasteiger partial charge in [0, 0.05) is 4.91 Å². The van der Waals surface area contributed by atoms with Crippen LogP contribution in [0.4, 0.5) is 0 Å². The minimum Gasteiger partial charge on any atom is -0.496 e. The van der Waals surface area contributed by atoms with Gasteiger partial charge in [-0.05, 0) is 35.6 Å². The molecular formula is C11H13N3O2. The van der Waals surface area contributed by atoms with E-state index in [2.05, 4.69) is 10.0 Å². The summed E-state index contributed by atoms with van der Waals surface area (Å²) >= 11 is 0. The summed E-state index contributed by atoms with van der Waals surface area (Å²) in [4.78, 5) is 2.76. The van der Waals surface area contributed by atoms with Gasteiger partial charge < -0.3 is 9.84 Å². The minimum absolute atomic E-state index is 0.395. The van der Waals surface area contributed by atoms with Crippen LogP contribution in [0.5, 0.6) is 5.75 Å². The van der Waals surface area contributed by atoms with Crippen LogP contribution in [0.3, 0.4) is 0 Å². The maximum absolute atomic E-state index is 9.80. The molecule has 1 aliphatic carbocycles. The van der Waals surface area contributed by atoms with Crippen LogP contribution in [0.15, 0.2) is 23.3 Å². The number of rotatable bonds is 2. The number of ether oxygens (including phenoxy) is 1. The van der Waals surface area contributed by atoms with Gasteiger partial charge in [0.05, 0.1) is 19.3 Å². The number of aliphatic hydroxyl groups is 1. The van der Waals surface area contributed by atoms with Crippen molar-refractivity contribution in [2.75, 3.05) is 7.11 Å². The Morgan fingerprint density at radius 3 is 3.00 bits per heavy atom. The summed E-state index contributed by atoms with van der Waals surface area (Å²) < 4.78 is 5.26. The lowest BCUT2D eigenvalue weighted by Crippen LogP contribution is -2.33. The normalized spacial score (nSPS) is 23.1. The number of methoxy groups -OCH3 is 1. The highest BCUT2D eigenvalue weighted by Crippen LogP contribution is 2.30. The van der Waals surface area contributed by atoms with Gasteiger partial charge in [0.1, 0.15) is 5.75 Å². The zero-order valence-electron chi connectivity index (χ0n) is 9.00. The van der Waals surface area contributed by atoms with E-state index in [1.165, 1.54) is 0 Å². The summed E-state index contributed by atoms with van der Waals surface area (Å²) in [6.45, 7) is 0. The number of azide groups is 1. The summed E-state index contributed by atoms with van der Waals surface area (Å²) in [7, 11) is 1.61. The SMILES string of the molecule is COc1cccc2c1C[C@@H](N=[N+]=[N-])[C@H](O)C2. The molecule has 1 aliphatic rings. The van der Waals surface area contributed by atoms with Gasteiger partial charge >= 0.3 is 0 Å². The second-order valence-corrected chi connectivity index (χ2v) is 3.85. The van der Waals surface area contributed by atoms with Gasteiger partial charge in [-0.15, -0.1) is 0 Å². The second kappa shape index (κ2) is 4.43. The highest BCUT2D eigenvalue weighted by atomic mass is 16.5. The summed E-state index contributed by atoms with van der Waals surface area (Å²) in [5.74, 6) is 0.794. The molecule has 0 aromatic heterocycles. The molecule has 1 aromatic rings. The predicted octanol–water partition coefficient (Wildman–Crippen LogP) is 1.83. The molecule has 0 spiro atoms. The fourth-order valence-electron chi connectivity index (χ4n) is 2.12. The van der Waals surface area contributed by atoms with E-state index in [1.807, 2.05) is 18.2 Å². The van der Waals surface area contributed by atoms with Gasteiger partial charge in [-0.3, -0.25) is 0 Å². The molecule has 2 atom stereocenters. The summed E-state index contributed by atoms with van der Waals surface area (Å²) in [5.41, 5.74) is 10.5. The molecular weight excluding hydrogens is 206 g/mol. The molecule has 1 N–H and O–H groups in total. The van der Waals surface area contributed by atoms with E-state index in [4.69, 9.17) is 10.3 Å². The molecule has 5 nitrogen and oxygen atoms in total. The third-order valence-corrected chi connectivity index (χ3v) is 2.94.